The van der Waals surface area contributed by atoms with Crippen LogP contribution in [0.3, 0.4) is 0 Å². The summed E-state index contributed by atoms with van der Waals surface area (Å²) in [5, 5.41) is 5.49. The molecule has 0 spiro atoms. The van der Waals surface area contributed by atoms with Gasteiger partial charge in [-0.15, -0.1) is 0 Å². The molecule has 2 aromatic carbocycles. The molecule has 0 aliphatic carbocycles. The second kappa shape index (κ2) is 12.1. The number of esters is 1. The Bertz CT molecular complexity index is 981. The highest BCUT2D eigenvalue weighted by atomic mass is 32.1. The van der Waals surface area contributed by atoms with Gasteiger partial charge < -0.3 is 19.7 Å². The average Bonchev–Trinajstić information content (AvgIpc) is 2.83. The summed E-state index contributed by atoms with van der Waals surface area (Å²) in [6, 6.07) is 16.1. The smallest absolute Gasteiger partial charge is 0.308 e. The predicted octanol–water partition coefficient (Wildman–Crippen LogP) is 2.14. The zero-order chi connectivity index (χ0) is 23.6. The van der Waals surface area contributed by atoms with E-state index in [4.69, 9.17) is 21.7 Å². The van der Waals surface area contributed by atoms with Crippen LogP contribution < -0.4 is 10.6 Å². The number of amides is 2. The minimum absolute atomic E-state index is 0.0918. The quantitative estimate of drug-likeness (QED) is 0.347. The van der Waals surface area contributed by atoms with Crippen molar-refractivity contribution < 1.29 is 23.9 Å². The number of piperazine rings is 1. The molecule has 1 heterocycles. The molecule has 1 unspecified atom stereocenters. The number of thiocarbonyl (C=S) groups is 1. The molecule has 3 rings (SSSR count). The van der Waals surface area contributed by atoms with Crippen molar-refractivity contribution in [1.82, 2.24) is 15.5 Å². The molecule has 2 N–H and O–H groups in total. The number of benzene rings is 2. The number of rotatable bonds is 8. The minimum Gasteiger partial charge on any atom is -0.463 e. The van der Waals surface area contributed by atoms with Crippen LogP contribution in [0.15, 0.2) is 54.6 Å². The topological polar surface area (TPSA) is 97.0 Å². The summed E-state index contributed by atoms with van der Waals surface area (Å²) in [5.74, 6) is -1.26. The number of hydrogen-bond donors (Lipinski definition) is 2. The van der Waals surface area contributed by atoms with Crippen molar-refractivity contribution >= 4 is 35.1 Å². The molecule has 8 nitrogen and oxygen atoms in total. The molecule has 2 aromatic rings. The van der Waals surface area contributed by atoms with E-state index in [1.807, 2.05) is 49.4 Å². The first kappa shape index (κ1) is 24.3. The molecule has 1 aliphatic rings. The molecule has 0 aromatic heterocycles. The Labute approximate surface area is 198 Å². The van der Waals surface area contributed by atoms with Gasteiger partial charge in [0.25, 0.3) is 5.91 Å². The van der Waals surface area contributed by atoms with E-state index in [1.54, 1.807) is 17.0 Å². The summed E-state index contributed by atoms with van der Waals surface area (Å²) in [7, 11) is 0. The molecule has 1 atom stereocenters. The summed E-state index contributed by atoms with van der Waals surface area (Å²) < 4.78 is 10.3. The van der Waals surface area contributed by atoms with Crippen LogP contribution in [0, 0.1) is 0 Å². The zero-order valence-electron chi connectivity index (χ0n) is 18.4. The lowest BCUT2D eigenvalue weighted by Crippen LogP contribution is -2.60. The molecule has 0 saturated carbocycles. The maximum absolute atomic E-state index is 12.7. The number of nitrogens with one attached hydrogen (secondary N) is 2. The van der Waals surface area contributed by atoms with Gasteiger partial charge >= 0.3 is 5.97 Å². The Morgan fingerprint density at radius 3 is 2.48 bits per heavy atom. The Morgan fingerprint density at radius 2 is 1.79 bits per heavy atom. The van der Waals surface area contributed by atoms with Gasteiger partial charge in [-0.1, -0.05) is 42.5 Å². The number of ether oxygens (including phenoxy) is 2. The molecule has 33 heavy (non-hydrogen) atoms. The minimum atomic E-state index is -0.855. The van der Waals surface area contributed by atoms with Crippen molar-refractivity contribution in [2.45, 2.75) is 19.4 Å². The fourth-order valence-corrected chi connectivity index (χ4v) is 3.73. The Kier molecular flexibility index (Phi) is 8.91. The van der Waals surface area contributed by atoms with Crippen LogP contribution in [-0.2, 0) is 19.1 Å². The van der Waals surface area contributed by atoms with Crippen molar-refractivity contribution in [2.75, 3.05) is 32.9 Å². The third kappa shape index (κ3) is 6.84. The third-order valence-electron chi connectivity index (χ3n) is 5.12. The van der Waals surface area contributed by atoms with E-state index in [2.05, 4.69) is 10.6 Å². The monoisotopic (exact) mass is 469 g/mol. The normalized spacial score (nSPS) is 15.5. The van der Waals surface area contributed by atoms with Gasteiger partial charge in [0, 0.05) is 25.3 Å². The summed E-state index contributed by atoms with van der Waals surface area (Å²) in [6.07, 6.45) is -0.181. The lowest BCUT2D eigenvalue weighted by molar-refractivity contribution is -0.148. The third-order valence-corrected chi connectivity index (χ3v) is 5.46. The molecule has 2 amide bonds. The number of carbonyl (C=O) groups is 3. The SMILES string of the molecule is CCOCCOC(=O)CC1C(=O)NCCN1C(=S)NC(=O)c1ccc(-c2ccccc2)cc1. The summed E-state index contributed by atoms with van der Waals surface area (Å²) in [6.45, 7) is 3.50. The highest BCUT2D eigenvalue weighted by Gasteiger charge is 2.34. The van der Waals surface area contributed by atoms with Gasteiger partial charge in [-0.25, -0.2) is 0 Å². The summed E-state index contributed by atoms with van der Waals surface area (Å²) >= 11 is 5.40. The largest absolute Gasteiger partial charge is 0.463 e. The van der Waals surface area contributed by atoms with Crippen LogP contribution in [0.4, 0.5) is 0 Å². The second-order valence-electron chi connectivity index (χ2n) is 7.32. The van der Waals surface area contributed by atoms with E-state index in [0.717, 1.165) is 11.1 Å². The Balaban J connectivity index is 1.60. The first-order chi connectivity index (χ1) is 16.0. The fourth-order valence-electron chi connectivity index (χ4n) is 3.42. The van der Waals surface area contributed by atoms with E-state index in [-0.39, 0.29) is 30.0 Å². The average molecular weight is 470 g/mol. The molecule has 1 aliphatic heterocycles. The van der Waals surface area contributed by atoms with E-state index in [9.17, 15) is 14.4 Å². The van der Waals surface area contributed by atoms with Crippen LogP contribution in [0.2, 0.25) is 0 Å². The molecule has 1 fully saturated rings. The van der Waals surface area contributed by atoms with Crippen molar-refractivity contribution in [3.63, 3.8) is 0 Å². The molecular weight excluding hydrogens is 442 g/mol. The summed E-state index contributed by atoms with van der Waals surface area (Å²) in [4.78, 5) is 38.8. The molecule has 1 saturated heterocycles. The standard InChI is InChI=1S/C24H27N3O5S/c1-2-31-14-15-32-21(28)16-20-23(30)25-12-13-27(20)24(33)26-22(29)19-10-8-18(9-11-19)17-6-4-3-5-7-17/h3-11,20H,2,12-16H2,1H3,(H,25,30)(H,26,29,33). The van der Waals surface area contributed by atoms with Crippen molar-refractivity contribution in [1.29, 1.82) is 0 Å². The van der Waals surface area contributed by atoms with Crippen molar-refractivity contribution in [3.8, 4) is 11.1 Å². The van der Waals surface area contributed by atoms with Gasteiger partial charge in [-0.05, 0) is 42.4 Å². The zero-order valence-corrected chi connectivity index (χ0v) is 19.2. The first-order valence-electron chi connectivity index (χ1n) is 10.8. The highest BCUT2D eigenvalue weighted by molar-refractivity contribution is 7.80. The lowest BCUT2D eigenvalue weighted by atomic mass is 10.0. The van der Waals surface area contributed by atoms with Crippen molar-refractivity contribution in [2.24, 2.45) is 0 Å². The molecule has 174 valence electrons. The predicted molar refractivity (Wildman–Crippen MR) is 128 cm³/mol. The Morgan fingerprint density at radius 1 is 1.09 bits per heavy atom. The summed E-state index contributed by atoms with van der Waals surface area (Å²) in [5.41, 5.74) is 2.48. The lowest BCUT2D eigenvalue weighted by Gasteiger charge is -2.36. The van der Waals surface area contributed by atoms with Gasteiger partial charge in [0.15, 0.2) is 5.11 Å². The van der Waals surface area contributed by atoms with Crippen molar-refractivity contribution in [3.05, 3.63) is 60.2 Å². The molecule has 0 bridgehead atoms. The van der Waals surface area contributed by atoms with E-state index in [0.29, 0.717) is 31.9 Å². The van der Waals surface area contributed by atoms with Crippen LogP contribution in [0.25, 0.3) is 11.1 Å². The second-order valence-corrected chi connectivity index (χ2v) is 7.71. The maximum atomic E-state index is 12.7. The Hall–Kier alpha value is -3.30. The van der Waals surface area contributed by atoms with Gasteiger partial charge in [-0.2, -0.15) is 0 Å². The van der Waals surface area contributed by atoms with Gasteiger partial charge in [-0.3, -0.25) is 19.7 Å². The van der Waals surface area contributed by atoms with Crippen LogP contribution in [-0.4, -0.2) is 66.7 Å². The van der Waals surface area contributed by atoms with E-state index >= 15 is 0 Å². The number of carbonyl (C=O) groups excluding carboxylic acids is 3. The van der Waals surface area contributed by atoms with Gasteiger partial charge in [0.05, 0.1) is 13.0 Å². The number of hydrogen-bond acceptors (Lipinski definition) is 6. The van der Waals surface area contributed by atoms with Crippen LogP contribution in [0.1, 0.15) is 23.7 Å². The molecular formula is C24H27N3O5S. The van der Waals surface area contributed by atoms with E-state index < -0.39 is 12.0 Å². The first-order valence-corrected chi connectivity index (χ1v) is 11.2. The van der Waals surface area contributed by atoms with Gasteiger partial charge in [0.1, 0.15) is 12.6 Å². The number of nitrogens with zero attached hydrogens (tertiary/aromatic N) is 1. The molecule has 0 radical (unpaired) electrons. The molecule has 9 heteroatoms. The van der Waals surface area contributed by atoms with Gasteiger partial charge in [0.2, 0.25) is 5.91 Å². The van der Waals surface area contributed by atoms with E-state index in [1.165, 1.54) is 0 Å². The fraction of sp³-hybridized carbons (Fsp3) is 0.333. The highest BCUT2D eigenvalue weighted by Crippen LogP contribution is 2.19. The maximum Gasteiger partial charge on any atom is 0.308 e. The van der Waals surface area contributed by atoms with Crippen LogP contribution >= 0.6 is 12.2 Å². The van der Waals surface area contributed by atoms with Crippen LogP contribution in [0.5, 0.6) is 0 Å².